The molecular formula is C19H18N4O5. The van der Waals surface area contributed by atoms with Gasteiger partial charge in [-0.25, -0.2) is 10.4 Å². The Bertz CT molecular complexity index is 1110. The first-order chi connectivity index (χ1) is 13.5. The molecule has 0 bridgehead atoms. The van der Waals surface area contributed by atoms with Crippen molar-refractivity contribution < 1.29 is 19.5 Å². The number of benzene rings is 2. The van der Waals surface area contributed by atoms with Crippen molar-refractivity contribution in [2.45, 2.75) is 6.92 Å². The van der Waals surface area contributed by atoms with Crippen LogP contribution >= 0.6 is 0 Å². The summed E-state index contributed by atoms with van der Waals surface area (Å²) in [6, 6.07) is 11.7. The molecule has 0 spiro atoms. The Kier molecular flexibility index (Phi) is 5.54. The Balaban J connectivity index is 1.65. The van der Waals surface area contributed by atoms with Gasteiger partial charge in [0.15, 0.2) is 18.1 Å². The number of aryl methyl sites for hydroxylation is 1. The molecule has 0 fully saturated rings. The third-order valence-electron chi connectivity index (χ3n) is 3.86. The van der Waals surface area contributed by atoms with E-state index in [0.29, 0.717) is 22.3 Å². The Labute approximate surface area is 159 Å². The Hall–Kier alpha value is -3.88. The van der Waals surface area contributed by atoms with Crippen molar-refractivity contribution in [3.8, 4) is 11.5 Å². The topological polar surface area (TPSA) is 115 Å². The largest absolute Gasteiger partial charge is 0.504 e. The molecular weight excluding hydrogens is 364 g/mol. The Morgan fingerprint density at radius 2 is 2.07 bits per heavy atom. The minimum atomic E-state index is -0.585. The highest BCUT2D eigenvalue weighted by molar-refractivity contribution is 5.86. The zero-order valence-corrected chi connectivity index (χ0v) is 15.2. The van der Waals surface area contributed by atoms with Gasteiger partial charge >= 0.3 is 0 Å². The van der Waals surface area contributed by atoms with E-state index >= 15 is 0 Å². The SMILES string of the molecule is COc1cccc(/C=N/NC(=O)COn2c(C)nc3ccccc3c2=O)c1O. The number of ether oxygens (including phenoxy) is 1. The van der Waals surface area contributed by atoms with Gasteiger partial charge in [0.25, 0.3) is 11.5 Å². The molecule has 3 rings (SSSR count). The van der Waals surface area contributed by atoms with Gasteiger partial charge < -0.3 is 14.7 Å². The van der Waals surface area contributed by atoms with Gasteiger partial charge in [-0.3, -0.25) is 9.59 Å². The van der Waals surface area contributed by atoms with Gasteiger partial charge in [0.05, 0.1) is 24.2 Å². The maximum absolute atomic E-state index is 12.5. The fourth-order valence-electron chi connectivity index (χ4n) is 2.52. The predicted molar refractivity (Wildman–Crippen MR) is 103 cm³/mol. The third-order valence-corrected chi connectivity index (χ3v) is 3.86. The van der Waals surface area contributed by atoms with E-state index in [1.165, 1.54) is 13.3 Å². The number of nitrogens with zero attached hydrogens (tertiary/aromatic N) is 3. The summed E-state index contributed by atoms with van der Waals surface area (Å²) in [5, 5.41) is 14.1. The molecule has 28 heavy (non-hydrogen) atoms. The van der Waals surface area contributed by atoms with E-state index in [2.05, 4.69) is 15.5 Å². The predicted octanol–water partition coefficient (Wildman–Crippen LogP) is 0.998. The van der Waals surface area contributed by atoms with E-state index in [9.17, 15) is 14.7 Å². The number of para-hydroxylation sites is 2. The molecule has 1 aromatic heterocycles. The quantitative estimate of drug-likeness (QED) is 0.485. The average Bonchev–Trinajstić information content (AvgIpc) is 2.69. The first kappa shape index (κ1) is 18.9. The molecule has 2 aromatic carbocycles. The number of phenolic OH excluding ortho intramolecular Hbond substituents is 1. The van der Waals surface area contributed by atoms with Crippen LogP contribution < -0.4 is 20.6 Å². The molecule has 0 aliphatic rings. The lowest BCUT2D eigenvalue weighted by molar-refractivity contribution is -0.126. The third kappa shape index (κ3) is 3.93. The standard InChI is InChI=1S/C19H18N4O5/c1-12-21-15-8-4-3-7-14(15)19(26)23(12)28-11-17(24)22-20-10-13-6-5-9-16(27-2)18(13)25/h3-10,25H,11H2,1-2H3,(H,22,24)/b20-10+. The smallest absolute Gasteiger partial charge is 0.294 e. The second-order valence-electron chi connectivity index (χ2n) is 5.74. The summed E-state index contributed by atoms with van der Waals surface area (Å²) in [7, 11) is 1.43. The normalized spacial score (nSPS) is 10.9. The van der Waals surface area contributed by atoms with Crippen LogP contribution in [-0.4, -0.2) is 40.7 Å². The van der Waals surface area contributed by atoms with Crippen LogP contribution in [0.4, 0.5) is 0 Å². The number of hydrogen-bond donors (Lipinski definition) is 2. The lowest BCUT2D eigenvalue weighted by atomic mass is 10.2. The summed E-state index contributed by atoms with van der Waals surface area (Å²) in [4.78, 5) is 33.9. The molecule has 0 atom stereocenters. The highest BCUT2D eigenvalue weighted by atomic mass is 16.7. The van der Waals surface area contributed by atoms with Gasteiger partial charge in [0, 0.05) is 5.56 Å². The molecule has 2 N–H and O–H groups in total. The van der Waals surface area contributed by atoms with Crippen LogP contribution in [0, 0.1) is 6.92 Å². The fraction of sp³-hybridized carbons (Fsp3) is 0.158. The lowest BCUT2D eigenvalue weighted by Gasteiger charge is -2.11. The second kappa shape index (κ2) is 8.21. The molecule has 0 saturated carbocycles. The van der Waals surface area contributed by atoms with Crippen LogP contribution in [0.5, 0.6) is 11.5 Å². The van der Waals surface area contributed by atoms with Gasteiger partial charge in [-0.1, -0.05) is 18.2 Å². The number of fused-ring (bicyclic) bond motifs is 1. The number of phenols is 1. The number of nitrogens with one attached hydrogen (secondary N) is 1. The van der Waals surface area contributed by atoms with Gasteiger partial charge in [0.1, 0.15) is 5.82 Å². The van der Waals surface area contributed by atoms with E-state index in [0.717, 1.165) is 4.73 Å². The molecule has 9 heteroatoms. The summed E-state index contributed by atoms with van der Waals surface area (Å²) >= 11 is 0. The van der Waals surface area contributed by atoms with Crippen molar-refractivity contribution in [1.29, 1.82) is 0 Å². The number of methoxy groups -OCH3 is 1. The molecule has 144 valence electrons. The van der Waals surface area contributed by atoms with E-state index in [1.807, 2.05) is 0 Å². The Morgan fingerprint density at radius 1 is 1.29 bits per heavy atom. The molecule has 0 aliphatic carbocycles. The molecule has 0 unspecified atom stereocenters. The molecule has 1 amide bonds. The van der Waals surface area contributed by atoms with Crippen molar-refractivity contribution in [1.82, 2.24) is 15.1 Å². The highest BCUT2D eigenvalue weighted by Crippen LogP contribution is 2.27. The maximum Gasteiger partial charge on any atom is 0.294 e. The van der Waals surface area contributed by atoms with Crippen LogP contribution in [0.25, 0.3) is 10.9 Å². The number of hydrogen-bond acceptors (Lipinski definition) is 7. The molecule has 9 nitrogen and oxygen atoms in total. The van der Waals surface area contributed by atoms with Gasteiger partial charge in [0.2, 0.25) is 0 Å². The summed E-state index contributed by atoms with van der Waals surface area (Å²) in [6.45, 7) is 1.16. The number of carbonyl (C=O) groups is 1. The monoisotopic (exact) mass is 382 g/mol. The van der Waals surface area contributed by atoms with E-state index in [1.54, 1.807) is 49.4 Å². The number of aromatic hydroxyl groups is 1. The Morgan fingerprint density at radius 3 is 2.86 bits per heavy atom. The van der Waals surface area contributed by atoms with Crippen molar-refractivity contribution >= 4 is 23.0 Å². The van der Waals surface area contributed by atoms with Gasteiger partial charge in [-0.2, -0.15) is 5.10 Å². The van der Waals surface area contributed by atoms with E-state index in [4.69, 9.17) is 9.57 Å². The van der Waals surface area contributed by atoms with Crippen LogP contribution in [0.3, 0.4) is 0 Å². The van der Waals surface area contributed by atoms with E-state index in [-0.39, 0.29) is 11.5 Å². The highest BCUT2D eigenvalue weighted by Gasteiger charge is 2.10. The minimum Gasteiger partial charge on any atom is -0.504 e. The second-order valence-corrected chi connectivity index (χ2v) is 5.74. The van der Waals surface area contributed by atoms with E-state index < -0.39 is 18.1 Å². The number of aromatic nitrogens is 2. The molecule has 0 saturated heterocycles. The van der Waals surface area contributed by atoms with Crippen molar-refractivity contribution in [3.63, 3.8) is 0 Å². The molecule has 0 aliphatic heterocycles. The van der Waals surface area contributed by atoms with Crippen LogP contribution in [0.2, 0.25) is 0 Å². The fourth-order valence-corrected chi connectivity index (χ4v) is 2.52. The average molecular weight is 382 g/mol. The maximum atomic E-state index is 12.5. The van der Waals surface area contributed by atoms with Crippen LogP contribution in [0.1, 0.15) is 11.4 Å². The van der Waals surface area contributed by atoms with Crippen molar-refractivity contribution in [2.24, 2.45) is 5.10 Å². The van der Waals surface area contributed by atoms with Gasteiger partial charge in [-0.15, -0.1) is 4.73 Å². The van der Waals surface area contributed by atoms with Crippen molar-refractivity contribution in [2.75, 3.05) is 13.7 Å². The number of amides is 1. The minimum absolute atomic E-state index is 0.0938. The van der Waals surface area contributed by atoms with Crippen molar-refractivity contribution in [3.05, 3.63) is 64.2 Å². The first-order valence-corrected chi connectivity index (χ1v) is 8.31. The number of hydrazone groups is 1. The summed E-state index contributed by atoms with van der Waals surface area (Å²) < 4.78 is 5.97. The van der Waals surface area contributed by atoms with Gasteiger partial charge in [-0.05, 0) is 31.2 Å². The summed E-state index contributed by atoms with van der Waals surface area (Å²) in [5.74, 6) is -0.0691. The number of rotatable bonds is 6. The zero-order valence-electron chi connectivity index (χ0n) is 15.2. The molecule has 0 radical (unpaired) electrons. The lowest BCUT2D eigenvalue weighted by Crippen LogP contribution is -2.35. The number of carbonyl (C=O) groups excluding carboxylic acids is 1. The van der Waals surface area contributed by atoms with Crippen LogP contribution in [-0.2, 0) is 4.79 Å². The molecule has 1 heterocycles. The summed E-state index contributed by atoms with van der Waals surface area (Å²) in [5.41, 5.74) is 2.78. The molecule has 3 aromatic rings. The summed E-state index contributed by atoms with van der Waals surface area (Å²) in [6.07, 6.45) is 1.27. The first-order valence-electron chi connectivity index (χ1n) is 8.31. The zero-order chi connectivity index (χ0) is 20.1. The van der Waals surface area contributed by atoms with Crippen LogP contribution in [0.15, 0.2) is 52.4 Å².